The van der Waals surface area contributed by atoms with Crippen molar-refractivity contribution in [1.82, 2.24) is 4.98 Å². The summed E-state index contributed by atoms with van der Waals surface area (Å²) in [5.41, 5.74) is 5.16. The fraction of sp³-hybridized carbons (Fsp3) is 0.286. The van der Waals surface area contributed by atoms with Crippen LogP contribution in [-0.2, 0) is 6.42 Å². The molecular weight excluding hydrogens is 186 g/mol. The lowest BCUT2D eigenvalue weighted by molar-refractivity contribution is 0.546. The van der Waals surface area contributed by atoms with E-state index in [1.165, 1.54) is 0 Å². The minimum atomic E-state index is -0.629. The Morgan fingerprint density at radius 2 is 1.75 bits per heavy atom. The van der Waals surface area contributed by atoms with Gasteiger partial charge in [0.15, 0.2) is 0 Å². The van der Waals surface area contributed by atoms with Gasteiger partial charge < -0.3 is 5.73 Å². The summed E-state index contributed by atoms with van der Waals surface area (Å²) in [7, 11) is 0. The van der Waals surface area contributed by atoms with Crippen molar-refractivity contribution in [2.24, 2.45) is 5.73 Å². The summed E-state index contributed by atoms with van der Waals surface area (Å²) in [4.78, 5) is 3.34. The largest absolute Gasteiger partial charge is 0.330 e. The first-order chi connectivity index (χ1) is 5.25. The van der Waals surface area contributed by atoms with Crippen LogP contribution in [0.5, 0.6) is 0 Å². The number of hydrogen-bond acceptors (Lipinski definition) is 2. The van der Waals surface area contributed by atoms with Crippen molar-refractivity contribution in [3.05, 3.63) is 29.6 Å². The fourth-order valence-corrected chi connectivity index (χ4v) is 0.821. The summed E-state index contributed by atoms with van der Waals surface area (Å²) in [5, 5.41) is 0. The van der Waals surface area contributed by atoms with E-state index in [0.717, 1.165) is 12.4 Å². The molecule has 1 aromatic rings. The van der Waals surface area contributed by atoms with E-state index in [1.54, 1.807) is 0 Å². The first kappa shape index (κ1) is 11.3. The number of nitrogens with two attached hydrogens (primary N) is 1. The first-order valence-electron chi connectivity index (χ1n) is 3.23. The van der Waals surface area contributed by atoms with E-state index in [-0.39, 0.29) is 30.9 Å². The molecule has 0 spiro atoms. The molecular formula is C7H9ClF2N2. The van der Waals surface area contributed by atoms with Gasteiger partial charge >= 0.3 is 0 Å². The molecule has 0 bridgehead atoms. The Morgan fingerprint density at radius 3 is 2.17 bits per heavy atom. The van der Waals surface area contributed by atoms with Gasteiger partial charge in [-0.3, -0.25) is 4.98 Å². The molecule has 2 N–H and O–H groups in total. The minimum Gasteiger partial charge on any atom is -0.330 e. The molecule has 1 aromatic heterocycles. The second kappa shape index (κ2) is 5.00. The molecule has 1 rings (SSSR count). The molecule has 5 heteroatoms. The van der Waals surface area contributed by atoms with E-state index in [9.17, 15) is 8.78 Å². The van der Waals surface area contributed by atoms with Crippen LogP contribution in [0.25, 0.3) is 0 Å². The van der Waals surface area contributed by atoms with E-state index in [0.29, 0.717) is 0 Å². The summed E-state index contributed by atoms with van der Waals surface area (Å²) in [6.45, 7) is 0.234. The van der Waals surface area contributed by atoms with Gasteiger partial charge in [0, 0.05) is 5.56 Å². The van der Waals surface area contributed by atoms with Gasteiger partial charge in [-0.25, -0.2) is 8.78 Å². The van der Waals surface area contributed by atoms with Crippen molar-refractivity contribution in [2.45, 2.75) is 6.42 Å². The molecule has 0 saturated heterocycles. The Hall–Kier alpha value is -0.740. The molecule has 0 saturated carbocycles. The summed E-state index contributed by atoms with van der Waals surface area (Å²) in [6.07, 6.45) is 2.17. The van der Waals surface area contributed by atoms with E-state index >= 15 is 0 Å². The molecule has 0 aliphatic carbocycles. The average molecular weight is 195 g/mol. The zero-order valence-corrected chi connectivity index (χ0v) is 7.07. The Balaban J connectivity index is 0.00000121. The number of halogens is 3. The monoisotopic (exact) mass is 194 g/mol. The van der Waals surface area contributed by atoms with Gasteiger partial charge in [0.25, 0.3) is 0 Å². The van der Waals surface area contributed by atoms with Crippen LogP contribution in [0.2, 0.25) is 0 Å². The molecule has 0 radical (unpaired) electrons. The highest BCUT2D eigenvalue weighted by atomic mass is 35.5. The summed E-state index contributed by atoms with van der Waals surface area (Å²) in [6, 6.07) is 0. The average Bonchev–Trinajstić information content (AvgIpc) is 1.97. The quantitative estimate of drug-likeness (QED) is 0.771. The summed E-state index contributed by atoms with van der Waals surface area (Å²) in [5.74, 6) is -1.26. The van der Waals surface area contributed by atoms with Crippen molar-refractivity contribution in [3.63, 3.8) is 0 Å². The number of nitrogens with zero attached hydrogens (tertiary/aromatic N) is 1. The van der Waals surface area contributed by atoms with Gasteiger partial charge in [0.05, 0.1) is 12.4 Å². The van der Waals surface area contributed by atoms with Crippen LogP contribution in [0.3, 0.4) is 0 Å². The minimum absolute atomic E-state index is 0. The normalized spacial score (nSPS) is 9.25. The molecule has 0 unspecified atom stereocenters. The van der Waals surface area contributed by atoms with Gasteiger partial charge in [-0.15, -0.1) is 12.4 Å². The number of aromatic nitrogens is 1. The highest BCUT2D eigenvalue weighted by molar-refractivity contribution is 5.85. The third kappa shape index (κ3) is 2.39. The summed E-state index contributed by atoms with van der Waals surface area (Å²) >= 11 is 0. The van der Waals surface area contributed by atoms with Gasteiger partial charge in [0.2, 0.25) is 0 Å². The molecule has 0 aliphatic heterocycles. The molecule has 0 fully saturated rings. The van der Waals surface area contributed by atoms with Crippen LogP contribution >= 0.6 is 12.4 Å². The second-order valence-corrected chi connectivity index (χ2v) is 2.12. The Morgan fingerprint density at radius 1 is 1.25 bits per heavy atom. The topological polar surface area (TPSA) is 38.9 Å². The zero-order chi connectivity index (χ0) is 8.27. The van der Waals surface area contributed by atoms with Crippen LogP contribution in [0.15, 0.2) is 12.4 Å². The van der Waals surface area contributed by atoms with Gasteiger partial charge in [-0.2, -0.15) is 0 Å². The van der Waals surface area contributed by atoms with Crippen molar-refractivity contribution < 1.29 is 8.78 Å². The van der Waals surface area contributed by atoms with Crippen molar-refractivity contribution in [1.29, 1.82) is 0 Å². The van der Waals surface area contributed by atoms with Crippen molar-refractivity contribution in [3.8, 4) is 0 Å². The van der Waals surface area contributed by atoms with E-state index in [1.807, 2.05) is 0 Å². The molecule has 1 heterocycles. The Labute approximate surface area is 75.2 Å². The lowest BCUT2D eigenvalue weighted by Crippen LogP contribution is -2.06. The number of pyridine rings is 1. The maximum atomic E-state index is 12.7. The van der Waals surface area contributed by atoms with E-state index < -0.39 is 11.6 Å². The third-order valence-electron chi connectivity index (χ3n) is 1.35. The van der Waals surface area contributed by atoms with Crippen LogP contribution in [0.4, 0.5) is 8.78 Å². The van der Waals surface area contributed by atoms with Gasteiger partial charge in [-0.1, -0.05) is 0 Å². The second-order valence-electron chi connectivity index (χ2n) is 2.12. The van der Waals surface area contributed by atoms with Gasteiger partial charge in [-0.05, 0) is 13.0 Å². The highest BCUT2D eigenvalue weighted by Gasteiger charge is 2.06. The predicted molar refractivity (Wildman–Crippen MR) is 44.2 cm³/mol. The van der Waals surface area contributed by atoms with E-state index in [2.05, 4.69) is 4.98 Å². The summed E-state index contributed by atoms with van der Waals surface area (Å²) < 4.78 is 25.4. The Bertz CT molecular complexity index is 235. The highest BCUT2D eigenvalue weighted by Crippen LogP contribution is 2.09. The first-order valence-corrected chi connectivity index (χ1v) is 3.23. The molecule has 2 nitrogen and oxygen atoms in total. The van der Waals surface area contributed by atoms with Crippen LogP contribution in [0.1, 0.15) is 5.56 Å². The lowest BCUT2D eigenvalue weighted by Gasteiger charge is -2.00. The number of rotatable bonds is 2. The maximum absolute atomic E-state index is 12.7. The molecule has 0 aromatic carbocycles. The third-order valence-corrected chi connectivity index (χ3v) is 1.35. The smallest absolute Gasteiger partial charge is 0.147 e. The number of hydrogen-bond donors (Lipinski definition) is 1. The molecule has 12 heavy (non-hydrogen) atoms. The zero-order valence-electron chi connectivity index (χ0n) is 6.26. The molecule has 0 amide bonds. The standard InChI is InChI=1S/C7H8F2N2.ClH/c8-6-3-11-4-7(9)5(6)1-2-10;/h3-4H,1-2,10H2;1H. The SMILES string of the molecule is Cl.NCCc1c(F)cncc1F. The molecule has 68 valence electrons. The van der Waals surface area contributed by atoms with Crippen LogP contribution < -0.4 is 5.73 Å². The molecule has 0 atom stereocenters. The van der Waals surface area contributed by atoms with Crippen molar-refractivity contribution >= 4 is 12.4 Å². The molecule has 0 aliphatic rings. The predicted octanol–water partition coefficient (Wildman–Crippen LogP) is 1.28. The maximum Gasteiger partial charge on any atom is 0.147 e. The van der Waals surface area contributed by atoms with E-state index in [4.69, 9.17) is 5.73 Å². The fourth-order valence-electron chi connectivity index (χ4n) is 0.821. The van der Waals surface area contributed by atoms with Crippen LogP contribution in [0, 0.1) is 11.6 Å². The van der Waals surface area contributed by atoms with Gasteiger partial charge in [0.1, 0.15) is 11.6 Å². The van der Waals surface area contributed by atoms with Crippen molar-refractivity contribution in [2.75, 3.05) is 6.54 Å². The van der Waals surface area contributed by atoms with Crippen LogP contribution in [-0.4, -0.2) is 11.5 Å². The Kier molecular flexibility index (Phi) is 4.70. The lowest BCUT2D eigenvalue weighted by atomic mass is 10.2.